The van der Waals surface area contributed by atoms with Gasteiger partial charge in [0.2, 0.25) is 0 Å². The average molecular weight is 354 g/mol. The van der Waals surface area contributed by atoms with Gasteiger partial charge in [-0.15, -0.1) is 0 Å². The summed E-state index contributed by atoms with van der Waals surface area (Å²) in [5.41, 5.74) is 0.294. The molecular formula is C19H18N2O5. The predicted octanol–water partition coefficient (Wildman–Crippen LogP) is 1.93. The quantitative estimate of drug-likeness (QED) is 0.620. The third-order valence-corrected chi connectivity index (χ3v) is 4.29. The molecule has 3 N–H and O–H groups in total. The van der Waals surface area contributed by atoms with E-state index < -0.39 is 23.0 Å². The first-order chi connectivity index (χ1) is 12.4. The number of benzene rings is 1. The van der Waals surface area contributed by atoms with Crippen LogP contribution in [0.25, 0.3) is 10.9 Å². The number of aromatic nitrogens is 2. The second-order valence-corrected chi connectivity index (χ2v) is 6.05. The van der Waals surface area contributed by atoms with Crippen molar-refractivity contribution < 1.29 is 14.6 Å². The second kappa shape index (κ2) is 6.87. The van der Waals surface area contributed by atoms with Gasteiger partial charge >= 0.3 is 5.97 Å². The molecule has 0 saturated carbocycles. The lowest BCUT2D eigenvalue weighted by Gasteiger charge is -2.17. The third kappa shape index (κ3) is 3.23. The van der Waals surface area contributed by atoms with Crippen molar-refractivity contribution in [3.63, 3.8) is 0 Å². The molecule has 26 heavy (non-hydrogen) atoms. The zero-order valence-corrected chi connectivity index (χ0v) is 14.3. The van der Waals surface area contributed by atoms with E-state index in [2.05, 4.69) is 9.97 Å². The van der Waals surface area contributed by atoms with Crippen molar-refractivity contribution in [3.8, 4) is 5.75 Å². The van der Waals surface area contributed by atoms with E-state index in [0.29, 0.717) is 11.2 Å². The summed E-state index contributed by atoms with van der Waals surface area (Å²) in [6.45, 7) is 1.63. The van der Waals surface area contributed by atoms with Crippen LogP contribution in [0.5, 0.6) is 5.75 Å². The zero-order valence-electron chi connectivity index (χ0n) is 14.3. The van der Waals surface area contributed by atoms with Gasteiger partial charge in [0.05, 0.1) is 19.1 Å². The Morgan fingerprint density at radius 3 is 2.58 bits per heavy atom. The molecule has 0 saturated heterocycles. The number of carbonyl (C=O) groups excluding carboxylic acids is 1. The van der Waals surface area contributed by atoms with Crippen molar-refractivity contribution in [2.24, 2.45) is 0 Å². The van der Waals surface area contributed by atoms with Crippen LogP contribution < -0.4 is 11.1 Å². The summed E-state index contributed by atoms with van der Waals surface area (Å²) in [5, 5.41) is 11.1. The SMILES string of the molecule is COC(=O)C[C@H](c1cc2ccccc2[nH]c1=O)c1c(O)cc(C)[nH]c1=O. The maximum atomic E-state index is 12.6. The lowest BCUT2D eigenvalue weighted by atomic mass is 9.88. The number of hydrogen-bond donors (Lipinski definition) is 3. The number of H-pyrrole nitrogens is 2. The number of fused-ring (bicyclic) bond motifs is 1. The number of carbonyl (C=O) groups is 1. The first-order valence-corrected chi connectivity index (χ1v) is 8.02. The van der Waals surface area contributed by atoms with Gasteiger partial charge in [-0.25, -0.2) is 0 Å². The minimum Gasteiger partial charge on any atom is -0.507 e. The molecule has 0 spiro atoms. The summed E-state index contributed by atoms with van der Waals surface area (Å²) in [5.74, 6) is -1.81. The van der Waals surface area contributed by atoms with Gasteiger partial charge in [-0.3, -0.25) is 14.4 Å². The molecule has 0 bridgehead atoms. The standard InChI is InChI=1S/C19H18N2O5/c1-10-7-15(22)17(19(25)20-10)12(9-16(23)26-2)13-8-11-5-3-4-6-14(11)21-18(13)24/h3-8,12H,9H2,1-2H3,(H,21,24)(H2,20,22,25)/t12-/m1/s1. The number of pyridine rings is 2. The molecule has 0 aliphatic rings. The van der Waals surface area contributed by atoms with Gasteiger partial charge in [0.25, 0.3) is 11.1 Å². The molecule has 134 valence electrons. The number of aromatic hydroxyl groups is 1. The molecule has 0 fully saturated rings. The van der Waals surface area contributed by atoms with E-state index in [4.69, 9.17) is 4.74 Å². The third-order valence-electron chi connectivity index (χ3n) is 4.29. The number of nitrogens with one attached hydrogen (secondary N) is 2. The lowest BCUT2D eigenvalue weighted by molar-refractivity contribution is -0.140. The Bertz CT molecular complexity index is 1100. The smallest absolute Gasteiger partial charge is 0.306 e. The fourth-order valence-electron chi connectivity index (χ4n) is 3.06. The van der Waals surface area contributed by atoms with Crippen LogP contribution >= 0.6 is 0 Å². The van der Waals surface area contributed by atoms with Crippen molar-refractivity contribution >= 4 is 16.9 Å². The molecule has 3 aromatic rings. The first kappa shape index (κ1) is 17.5. The Hall–Kier alpha value is -3.35. The molecule has 0 radical (unpaired) electrons. The number of hydrogen-bond acceptors (Lipinski definition) is 5. The van der Waals surface area contributed by atoms with E-state index >= 15 is 0 Å². The number of aromatic amines is 2. The largest absolute Gasteiger partial charge is 0.507 e. The molecular weight excluding hydrogens is 336 g/mol. The molecule has 7 nitrogen and oxygen atoms in total. The molecule has 0 aliphatic carbocycles. The van der Waals surface area contributed by atoms with Gasteiger partial charge in [0.1, 0.15) is 5.75 Å². The topological polar surface area (TPSA) is 112 Å². The Kier molecular flexibility index (Phi) is 4.62. The minimum atomic E-state index is -0.944. The van der Waals surface area contributed by atoms with Gasteiger partial charge in [0.15, 0.2) is 0 Å². The predicted molar refractivity (Wildman–Crippen MR) is 96.5 cm³/mol. The van der Waals surface area contributed by atoms with Crippen LogP contribution in [-0.2, 0) is 9.53 Å². The number of rotatable bonds is 4. The van der Waals surface area contributed by atoms with Crippen LogP contribution in [-0.4, -0.2) is 28.2 Å². The average Bonchev–Trinajstić information content (AvgIpc) is 2.59. The highest BCUT2D eigenvalue weighted by Crippen LogP contribution is 2.31. The maximum absolute atomic E-state index is 12.6. The summed E-state index contributed by atoms with van der Waals surface area (Å²) in [6, 6.07) is 10.2. The molecule has 0 aliphatic heterocycles. The van der Waals surface area contributed by atoms with E-state index in [-0.39, 0.29) is 23.3 Å². The van der Waals surface area contributed by atoms with Crippen molar-refractivity contribution in [2.45, 2.75) is 19.3 Å². The van der Waals surface area contributed by atoms with Crippen LogP contribution in [0.2, 0.25) is 0 Å². The van der Waals surface area contributed by atoms with Gasteiger partial charge in [-0.1, -0.05) is 18.2 Å². The van der Waals surface area contributed by atoms with E-state index in [1.165, 1.54) is 13.2 Å². The highest BCUT2D eigenvalue weighted by atomic mass is 16.5. The highest BCUT2D eigenvalue weighted by Gasteiger charge is 2.27. The highest BCUT2D eigenvalue weighted by molar-refractivity contribution is 5.79. The molecule has 0 unspecified atom stereocenters. The lowest BCUT2D eigenvalue weighted by Crippen LogP contribution is -2.25. The summed E-state index contributed by atoms with van der Waals surface area (Å²) in [6.07, 6.45) is -0.252. The minimum absolute atomic E-state index is 0.0400. The van der Waals surface area contributed by atoms with Crippen molar-refractivity contribution in [1.82, 2.24) is 9.97 Å². The molecule has 1 atom stereocenters. The van der Waals surface area contributed by atoms with Crippen LogP contribution in [0, 0.1) is 6.92 Å². The molecule has 1 aromatic carbocycles. The van der Waals surface area contributed by atoms with E-state index in [9.17, 15) is 19.5 Å². The van der Waals surface area contributed by atoms with Crippen molar-refractivity contribution in [3.05, 3.63) is 73.9 Å². The molecule has 2 aromatic heterocycles. The second-order valence-electron chi connectivity index (χ2n) is 6.05. The van der Waals surface area contributed by atoms with E-state index in [0.717, 1.165) is 5.39 Å². The Labute approximate surface area is 148 Å². The van der Waals surface area contributed by atoms with Crippen LogP contribution in [0.1, 0.15) is 29.2 Å². The summed E-state index contributed by atoms with van der Waals surface area (Å²) in [4.78, 5) is 42.3. The fourth-order valence-corrected chi connectivity index (χ4v) is 3.06. The van der Waals surface area contributed by atoms with Crippen LogP contribution in [0.3, 0.4) is 0 Å². The molecule has 3 rings (SSSR count). The molecule has 0 amide bonds. The van der Waals surface area contributed by atoms with Crippen molar-refractivity contribution in [2.75, 3.05) is 7.11 Å². The van der Waals surface area contributed by atoms with Gasteiger partial charge < -0.3 is 19.8 Å². The summed E-state index contributed by atoms with van der Waals surface area (Å²) >= 11 is 0. The van der Waals surface area contributed by atoms with Gasteiger partial charge in [-0.2, -0.15) is 0 Å². The number of esters is 1. The normalized spacial score (nSPS) is 12.1. The molecule has 7 heteroatoms. The monoisotopic (exact) mass is 354 g/mol. The Balaban J connectivity index is 2.26. The van der Waals surface area contributed by atoms with E-state index in [1.54, 1.807) is 25.1 Å². The Morgan fingerprint density at radius 2 is 1.88 bits per heavy atom. The van der Waals surface area contributed by atoms with Gasteiger partial charge in [-0.05, 0) is 30.5 Å². The number of methoxy groups -OCH3 is 1. The van der Waals surface area contributed by atoms with Crippen LogP contribution in [0.15, 0.2) is 46.0 Å². The first-order valence-electron chi connectivity index (χ1n) is 8.02. The fraction of sp³-hybridized carbons (Fsp3) is 0.211. The number of ether oxygens (including phenoxy) is 1. The number of aryl methyl sites for hydroxylation is 1. The van der Waals surface area contributed by atoms with Gasteiger partial charge in [0, 0.05) is 22.7 Å². The Morgan fingerprint density at radius 1 is 1.15 bits per heavy atom. The van der Waals surface area contributed by atoms with Crippen LogP contribution in [0.4, 0.5) is 0 Å². The van der Waals surface area contributed by atoms with Crippen molar-refractivity contribution in [1.29, 1.82) is 0 Å². The summed E-state index contributed by atoms with van der Waals surface area (Å²) < 4.78 is 4.71. The maximum Gasteiger partial charge on any atom is 0.306 e. The number of para-hydroxylation sites is 1. The van der Waals surface area contributed by atoms with E-state index in [1.807, 2.05) is 12.1 Å². The zero-order chi connectivity index (χ0) is 18.8. The summed E-state index contributed by atoms with van der Waals surface area (Å²) in [7, 11) is 1.23. The molecule has 2 heterocycles.